The molecule has 14 heavy (non-hydrogen) atoms. The van der Waals surface area contributed by atoms with Gasteiger partial charge in [-0.1, -0.05) is 21.0 Å². The van der Waals surface area contributed by atoms with Crippen LogP contribution in [0, 0.1) is 0 Å². The van der Waals surface area contributed by atoms with Crippen molar-refractivity contribution in [3.8, 4) is 0 Å². The number of halogens is 1. The monoisotopic (exact) mass is 263 g/mol. The summed E-state index contributed by atoms with van der Waals surface area (Å²) >= 11 is 3.50. The van der Waals surface area contributed by atoms with Crippen LogP contribution < -0.4 is 4.90 Å². The minimum atomic E-state index is 0.272. The zero-order valence-corrected chi connectivity index (χ0v) is 10.1. The number of nitrogens with zero attached hydrogens (tertiary/aromatic N) is 5. The molecule has 7 heteroatoms. The molecule has 0 aromatic carbocycles. The summed E-state index contributed by atoms with van der Waals surface area (Å²) in [7, 11) is 5.43. The van der Waals surface area contributed by atoms with Crippen LogP contribution in [0.2, 0.25) is 0 Å². The molecule has 1 heterocycles. The van der Waals surface area contributed by atoms with E-state index >= 15 is 0 Å². The molecule has 0 bridgehead atoms. The number of rotatable bonds is 5. The van der Waals surface area contributed by atoms with Crippen molar-refractivity contribution in [2.24, 2.45) is 7.05 Å². The molecule has 1 rings (SSSR count). The van der Waals surface area contributed by atoms with Gasteiger partial charge in [0.05, 0.1) is 11.4 Å². The quantitative estimate of drug-likeness (QED) is 0.704. The topological polar surface area (TPSA) is 56.1 Å². The highest BCUT2D eigenvalue weighted by Crippen LogP contribution is 2.08. The number of hydrogen-bond acceptors (Lipinski definition) is 5. The smallest absolute Gasteiger partial charge is 0.245 e. The molecule has 1 unspecified atom stereocenters. The van der Waals surface area contributed by atoms with Crippen molar-refractivity contribution in [1.82, 2.24) is 20.2 Å². The van der Waals surface area contributed by atoms with Crippen LogP contribution in [0.5, 0.6) is 0 Å². The summed E-state index contributed by atoms with van der Waals surface area (Å²) in [4.78, 5) is 2.24. The van der Waals surface area contributed by atoms with Gasteiger partial charge in [-0.2, -0.15) is 0 Å². The fourth-order valence-corrected chi connectivity index (χ4v) is 1.86. The molecule has 0 aliphatic carbocycles. The van der Waals surface area contributed by atoms with Crippen LogP contribution in [0.15, 0.2) is 0 Å². The summed E-state index contributed by atoms with van der Waals surface area (Å²) in [6.45, 7) is 1.46. The molecule has 0 saturated heterocycles. The van der Waals surface area contributed by atoms with E-state index in [0.29, 0.717) is 6.61 Å². The molecule has 1 aromatic rings. The first-order chi connectivity index (χ1) is 6.65. The average molecular weight is 264 g/mol. The van der Waals surface area contributed by atoms with Gasteiger partial charge in [-0.05, 0) is 10.4 Å². The summed E-state index contributed by atoms with van der Waals surface area (Å²) in [5.74, 6) is 0.741. The third-order valence-corrected chi connectivity index (χ3v) is 2.31. The largest absolute Gasteiger partial charge is 0.383 e. The van der Waals surface area contributed by atoms with Crippen LogP contribution >= 0.6 is 15.9 Å². The zero-order valence-electron chi connectivity index (χ0n) is 8.51. The predicted octanol–water partition coefficient (Wildman–Crippen LogP) is 0.0562. The molecule has 1 aromatic heterocycles. The van der Waals surface area contributed by atoms with Crippen LogP contribution in [0.25, 0.3) is 0 Å². The summed E-state index contributed by atoms with van der Waals surface area (Å²) < 4.78 is 6.65. The predicted molar refractivity (Wildman–Crippen MR) is 56.7 cm³/mol. The van der Waals surface area contributed by atoms with Crippen LogP contribution in [-0.4, -0.2) is 52.3 Å². The Morgan fingerprint density at radius 2 is 2.36 bits per heavy atom. The summed E-state index contributed by atoms with van der Waals surface area (Å²) in [6, 6.07) is 0. The van der Waals surface area contributed by atoms with Gasteiger partial charge in [0.1, 0.15) is 0 Å². The summed E-state index contributed by atoms with van der Waals surface area (Å²) in [6.07, 6.45) is 0. The summed E-state index contributed by atoms with van der Waals surface area (Å²) in [5, 5.41) is 11.2. The second-order valence-corrected chi connectivity index (χ2v) is 4.33. The van der Waals surface area contributed by atoms with Gasteiger partial charge in [-0.25, -0.2) is 4.68 Å². The number of tetrazole rings is 1. The van der Waals surface area contributed by atoms with E-state index in [9.17, 15) is 0 Å². The van der Waals surface area contributed by atoms with Gasteiger partial charge < -0.3 is 9.64 Å². The van der Waals surface area contributed by atoms with E-state index in [0.717, 1.165) is 12.5 Å². The van der Waals surface area contributed by atoms with Gasteiger partial charge in [0.2, 0.25) is 5.95 Å². The minimum absolute atomic E-state index is 0.272. The van der Waals surface area contributed by atoms with Crippen LogP contribution in [0.3, 0.4) is 0 Å². The molecule has 0 saturated carbocycles. The van der Waals surface area contributed by atoms with E-state index in [2.05, 4.69) is 31.5 Å². The second kappa shape index (κ2) is 5.26. The van der Waals surface area contributed by atoms with Crippen molar-refractivity contribution < 1.29 is 4.74 Å². The molecule has 0 fully saturated rings. The second-order valence-electron chi connectivity index (χ2n) is 3.04. The van der Waals surface area contributed by atoms with Crippen molar-refractivity contribution >= 4 is 21.9 Å². The van der Waals surface area contributed by atoms with Crippen LogP contribution in [0.1, 0.15) is 0 Å². The maximum atomic E-state index is 5.02. The molecule has 0 spiro atoms. The Bertz CT molecular complexity index is 279. The lowest BCUT2D eigenvalue weighted by atomic mass is 10.4. The number of ether oxygens (including phenoxy) is 1. The molecule has 6 nitrogen and oxygen atoms in total. The van der Waals surface area contributed by atoms with E-state index in [1.54, 1.807) is 11.8 Å². The highest BCUT2D eigenvalue weighted by molar-refractivity contribution is 9.09. The van der Waals surface area contributed by atoms with E-state index in [1.165, 1.54) is 0 Å². The molecular weight excluding hydrogens is 250 g/mol. The number of methoxy groups -OCH3 is 1. The van der Waals surface area contributed by atoms with E-state index < -0.39 is 0 Å². The Morgan fingerprint density at radius 3 is 2.86 bits per heavy atom. The minimum Gasteiger partial charge on any atom is -0.383 e. The molecule has 0 radical (unpaired) electrons. The molecule has 0 N–H and O–H groups in total. The van der Waals surface area contributed by atoms with Gasteiger partial charge in [0.25, 0.3) is 0 Å². The van der Waals surface area contributed by atoms with Gasteiger partial charge in [0, 0.05) is 27.7 Å². The number of alkyl halides is 1. The fourth-order valence-electron chi connectivity index (χ4n) is 1.16. The molecular formula is C7H14BrN5O. The molecule has 0 amide bonds. The summed E-state index contributed by atoms with van der Waals surface area (Å²) in [5.41, 5.74) is 0. The molecule has 0 aliphatic heterocycles. The average Bonchev–Trinajstić information content (AvgIpc) is 2.51. The Kier molecular flexibility index (Phi) is 4.27. The van der Waals surface area contributed by atoms with Crippen molar-refractivity contribution in [2.75, 3.05) is 32.2 Å². The first-order valence-corrected chi connectivity index (χ1v) is 5.13. The van der Waals surface area contributed by atoms with Gasteiger partial charge in [-0.3, -0.25) is 0 Å². The third-order valence-electron chi connectivity index (χ3n) is 1.76. The lowest BCUT2D eigenvalue weighted by Crippen LogP contribution is -2.30. The highest BCUT2D eigenvalue weighted by atomic mass is 79.9. The van der Waals surface area contributed by atoms with Crippen molar-refractivity contribution in [2.45, 2.75) is 4.83 Å². The number of aryl methyl sites for hydroxylation is 1. The molecule has 0 aliphatic rings. The van der Waals surface area contributed by atoms with Gasteiger partial charge in [0.15, 0.2) is 0 Å². The van der Waals surface area contributed by atoms with Crippen LogP contribution in [0.4, 0.5) is 5.95 Å². The molecule has 1 atom stereocenters. The van der Waals surface area contributed by atoms with Crippen molar-refractivity contribution in [3.63, 3.8) is 0 Å². The maximum absolute atomic E-state index is 5.02. The first-order valence-electron chi connectivity index (χ1n) is 4.21. The maximum Gasteiger partial charge on any atom is 0.245 e. The standard InChI is InChI=1S/C7H14BrN5O/c1-12(4-6(8)5-14-3)7-9-10-11-13(7)2/h6H,4-5H2,1-3H3. The van der Waals surface area contributed by atoms with Gasteiger partial charge in [-0.15, -0.1) is 0 Å². The SMILES string of the molecule is COCC(Br)CN(C)c1nnnn1C. The Morgan fingerprint density at radius 1 is 1.64 bits per heavy atom. The van der Waals surface area contributed by atoms with E-state index in [-0.39, 0.29) is 4.83 Å². The lowest BCUT2D eigenvalue weighted by molar-refractivity contribution is 0.201. The normalized spacial score (nSPS) is 12.9. The number of anilines is 1. The number of aromatic nitrogens is 4. The fraction of sp³-hybridized carbons (Fsp3) is 0.857. The first kappa shape index (κ1) is 11.4. The van der Waals surface area contributed by atoms with Crippen LogP contribution in [-0.2, 0) is 11.8 Å². The highest BCUT2D eigenvalue weighted by Gasteiger charge is 2.12. The van der Waals surface area contributed by atoms with Gasteiger partial charge >= 0.3 is 0 Å². The number of hydrogen-bond donors (Lipinski definition) is 0. The lowest BCUT2D eigenvalue weighted by Gasteiger charge is -2.19. The van der Waals surface area contributed by atoms with Crippen molar-refractivity contribution in [3.05, 3.63) is 0 Å². The Labute approximate surface area is 91.3 Å². The van der Waals surface area contributed by atoms with E-state index in [1.807, 2.05) is 19.0 Å². The van der Waals surface area contributed by atoms with Crippen molar-refractivity contribution in [1.29, 1.82) is 0 Å². The zero-order chi connectivity index (χ0) is 10.6. The Balaban J connectivity index is 2.50. The molecule has 80 valence electrons. The third kappa shape index (κ3) is 2.91. The Hall–Kier alpha value is -0.690. The van der Waals surface area contributed by atoms with E-state index in [4.69, 9.17) is 4.74 Å².